The standard InChI is InChI=1S/C15H15N3O4/c1-10(19)17-11-4-2-5-12(8-11)18-14(20)9-22-15(21)13-6-3-7-16-13/h2-8,16H,9H2,1H3,(H,17,19)(H,18,20). The van der Waals surface area contributed by atoms with E-state index in [1.807, 2.05) is 0 Å². The number of carbonyl (C=O) groups is 3. The first-order valence-corrected chi connectivity index (χ1v) is 6.52. The number of anilines is 2. The van der Waals surface area contributed by atoms with E-state index in [1.54, 1.807) is 42.6 Å². The minimum absolute atomic E-state index is 0.205. The van der Waals surface area contributed by atoms with Crippen LogP contribution in [0.25, 0.3) is 0 Å². The van der Waals surface area contributed by atoms with Gasteiger partial charge in [-0.2, -0.15) is 0 Å². The molecule has 114 valence electrons. The molecule has 7 nitrogen and oxygen atoms in total. The second-order valence-electron chi connectivity index (χ2n) is 4.47. The van der Waals surface area contributed by atoms with Gasteiger partial charge in [0.05, 0.1) is 0 Å². The van der Waals surface area contributed by atoms with Gasteiger partial charge < -0.3 is 20.4 Å². The lowest BCUT2D eigenvalue weighted by Crippen LogP contribution is -2.21. The molecule has 0 unspecified atom stereocenters. The predicted octanol–water partition coefficient (Wildman–Crippen LogP) is 1.77. The smallest absolute Gasteiger partial charge is 0.355 e. The molecule has 0 bridgehead atoms. The fourth-order valence-electron chi connectivity index (χ4n) is 1.74. The van der Waals surface area contributed by atoms with Gasteiger partial charge in [0.15, 0.2) is 6.61 Å². The highest BCUT2D eigenvalue weighted by molar-refractivity contribution is 5.96. The Hall–Kier alpha value is -3.09. The Balaban J connectivity index is 1.86. The third kappa shape index (κ3) is 4.48. The third-order valence-corrected chi connectivity index (χ3v) is 2.62. The van der Waals surface area contributed by atoms with Gasteiger partial charge >= 0.3 is 5.97 Å². The van der Waals surface area contributed by atoms with Crippen molar-refractivity contribution < 1.29 is 19.1 Å². The van der Waals surface area contributed by atoms with Crippen molar-refractivity contribution in [1.29, 1.82) is 0 Å². The van der Waals surface area contributed by atoms with Crippen molar-refractivity contribution in [2.45, 2.75) is 6.92 Å². The zero-order chi connectivity index (χ0) is 15.9. The van der Waals surface area contributed by atoms with Crippen molar-refractivity contribution in [1.82, 2.24) is 4.98 Å². The number of esters is 1. The van der Waals surface area contributed by atoms with E-state index in [0.29, 0.717) is 11.4 Å². The second-order valence-corrected chi connectivity index (χ2v) is 4.47. The molecule has 1 heterocycles. The average Bonchev–Trinajstić information content (AvgIpc) is 2.98. The first-order valence-electron chi connectivity index (χ1n) is 6.52. The highest BCUT2D eigenvalue weighted by Crippen LogP contribution is 2.14. The van der Waals surface area contributed by atoms with Gasteiger partial charge in [-0.3, -0.25) is 9.59 Å². The number of ether oxygens (including phenoxy) is 1. The average molecular weight is 301 g/mol. The van der Waals surface area contributed by atoms with Gasteiger partial charge in [0.2, 0.25) is 5.91 Å². The molecule has 0 saturated heterocycles. The minimum Gasteiger partial charge on any atom is -0.451 e. The summed E-state index contributed by atoms with van der Waals surface area (Å²) >= 11 is 0. The van der Waals surface area contributed by atoms with E-state index in [-0.39, 0.29) is 11.6 Å². The van der Waals surface area contributed by atoms with E-state index < -0.39 is 18.5 Å². The van der Waals surface area contributed by atoms with Gasteiger partial charge in [-0.15, -0.1) is 0 Å². The van der Waals surface area contributed by atoms with Crippen LogP contribution < -0.4 is 10.6 Å². The van der Waals surface area contributed by atoms with Crippen LogP contribution in [0.4, 0.5) is 11.4 Å². The topological polar surface area (TPSA) is 100 Å². The molecular weight excluding hydrogens is 286 g/mol. The van der Waals surface area contributed by atoms with E-state index in [0.717, 1.165) is 0 Å². The van der Waals surface area contributed by atoms with Gasteiger partial charge in [0.1, 0.15) is 5.69 Å². The van der Waals surface area contributed by atoms with Crippen molar-refractivity contribution in [3.63, 3.8) is 0 Å². The zero-order valence-corrected chi connectivity index (χ0v) is 11.9. The molecular formula is C15H15N3O4. The molecule has 0 atom stereocenters. The summed E-state index contributed by atoms with van der Waals surface area (Å²) < 4.78 is 4.86. The fourth-order valence-corrected chi connectivity index (χ4v) is 1.74. The molecule has 1 aromatic carbocycles. The van der Waals surface area contributed by atoms with Crippen molar-refractivity contribution in [2.75, 3.05) is 17.2 Å². The Kier molecular flexibility index (Phi) is 4.92. The highest BCUT2D eigenvalue weighted by atomic mass is 16.5. The van der Waals surface area contributed by atoms with E-state index in [9.17, 15) is 14.4 Å². The summed E-state index contributed by atoms with van der Waals surface area (Å²) in [5.41, 5.74) is 1.33. The lowest BCUT2D eigenvalue weighted by Gasteiger charge is -2.08. The molecule has 3 N–H and O–H groups in total. The highest BCUT2D eigenvalue weighted by Gasteiger charge is 2.10. The van der Waals surface area contributed by atoms with Crippen LogP contribution in [0.15, 0.2) is 42.6 Å². The predicted molar refractivity (Wildman–Crippen MR) is 80.5 cm³/mol. The molecule has 0 aliphatic carbocycles. The van der Waals surface area contributed by atoms with Gasteiger partial charge in [-0.25, -0.2) is 4.79 Å². The largest absolute Gasteiger partial charge is 0.451 e. The number of amides is 2. The number of H-pyrrole nitrogens is 1. The molecule has 0 saturated carbocycles. The first kappa shape index (κ1) is 15.3. The molecule has 22 heavy (non-hydrogen) atoms. The fraction of sp³-hybridized carbons (Fsp3) is 0.133. The molecule has 7 heteroatoms. The number of carbonyl (C=O) groups excluding carboxylic acids is 3. The Bertz CT molecular complexity index is 680. The van der Waals surface area contributed by atoms with Crippen molar-refractivity contribution in [2.24, 2.45) is 0 Å². The number of rotatable bonds is 5. The van der Waals surface area contributed by atoms with Crippen molar-refractivity contribution in [3.05, 3.63) is 48.3 Å². The number of aromatic nitrogens is 1. The van der Waals surface area contributed by atoms with Gasteiger partial charge in [-0.05, 0) is 30.3 Å². The monoisotopic (exact) mass is 301 g/mol. The Morgan fingerprint density at radius 2 is 1.82 bits per heavy atom. The maximum absolute atomic E-state index is 11.7. The van der Waals surface area contributed by atoms with Crippen LogP contribution in [-0.2, 0) is 14.3 Å². The summed E-state index contributed by atoms with van der Waals surface area (Å²) in [5.74, 6) is -1.28. The van der Waals surface area contributed by atoms with Gasteiger partial charge in [-0.1, -0.05) is 6.07 Å². The van der Waals surface area contributed by atoms with E-state index in [2.05, 4.69) is 15.6 Å². The summed E-state index contributed by atoms with van der Waals surface area (Å²) in [7, 11) is 0. The number of hydrogen-bond donors (Lipinski definition) is 3. The van der Waals surface area contributed by atoms with Crippen LogP contribution in [0.2, 0.25) is 0 Å². The summed E-state index contributed by atoms with van der Waals surface area (Å²) in [6.45, 7) is 0.994. The van der Waals surface area contributed by atoms with Gasteiger partial charge in [0, 0.05) is 24.5 Å². The maximum Gasteiger partial charge on any atom is 0.355 e. The number of benzene rings is 1. The number of nitrogens with one attached hydrogen (secondary N) is 3. The van der Waals surface area contributed by atoms with Crippen LogP contribution in [0.3, 0.4) is 0 Å². The van der Waals surface area contributed by atoms with Crippen LogP contribution in [0.5, 0.6) is 0 Å². The minimum atomic E-state index is -0.604. The summed E-state index contributed by atoms with van der Waals surface area (Å²) in [5, 5.41) is 5.19. The molecule has 0 aliphatic rings. The molecule has 2 rings (SSSR count). The molecule has 0 radical (unpaired) electrons. The van der Waals surface area contributed by atoms with Crippen molar-refractivity contribution >= 4 is 29.2 Å². The third-order valence-electron chi connectivity index (χ3n) is 2.62. The Morgan fingerprint density at radius 1 is 1.09 bits per heavy atom. The normalized spacial score (nSPS) is 9.86. The SMILES string of the molecule is CC(=O)Nc1cccc(NC(=O)COC(=O)c2ccc[nH]2)c1. The van der Waals surface area contributed by atoms with Gasteiger partial charge in [0.25, 0.3) is 5.91 Å². The van der Waals surface area contributed by atoms with Crippen LogP contribution in [0, 0.1) is 0 Å². The number of aromatic amines is 1. The van der Waals surface area contributed by atoms with E-state index in [4.69, 9.17) is 4.74 Å². The summed E-state index contributed by atoms with van der Waals surface area (Å²) in [6.07, 6.45) is 1.59. The summed E-state index contributed by atoms with van der Waals surface area (Å²) in [4.78, 5) is 37.0. The lowest BCUT2D eigenvalue weighted by molar-refractivity contribution is -0.119. The van der Waals surface area contributed by atoms with Crippen LogP contribution >= 0.6 is 0 Å². The number of hydrogen-bond acceptors (Lipinski definition) is 4. The molecule has 0 aliphatic heterocycles. The zero-order valence-electron chi connectivity index (χ0n) is 11.9. The second kappa shape index (κ2) is 7.07. The Labute approximate surface area is 126 Å². The van der Waals surface area contributed by atoms with Crippen molar-refractivity contribution in [3.8, 4) is 0 Å². The summed E-state index contributed by atoms with van der Waals surface area (Å²) in [6, 6.07) is 9.86. The molecule has 2 aromatic rings. The lowest BCUT2D eigenvalue weighted by atomic mass is 10.2. The molecule has 0 fully saturated rings. The first-order chi connectivity index (χ1) is 10.5. The molecule has 1 aromatic heterocycles. The maximum atomic E-state index is 11.7. The molecule has 0 spiro atoms. The quantitative estimate of drug-likeness (QED) is 0.733. The molecule has 2 amide bonds. The van der Waals surface area contributed by atoms with Crippen LogP contribution in [-0.4, -0.2) is 29.4 Å². The van der Waals surface area contributed by atoms with Crippen LogP contribution in [0.1, 0.15) is 17.4 Å². The van der Waals surface area contributed by atoms with E-state index >= 15 is 0 Å². The Morgan fingerprint density at radius 3 is 2.45 bits per heavy atom. The van der Waals surface area contributed by atoms with E-state index in [1.165, 1.54) is 6.92 Å².